The van der Waals surface area contributed by atoms with Crippen LogP contribution in [-0.2, 0) is 0 Å². The molecule has 1 amide bonds. The maximum absolute atomic E-state index is 12.2. The Kier molecular flexibility index (Phi) is 2.59. The molecule has 0 N–H and O–H groups in total. The molecule has 90 valence electrons. The van der Waals surface area contributed by atoms with Gasteiger partial charge < -0.3 is 9.80 Å². The first-order valence-corrected chi connectivity index (χ1v) is 6.12. The lowest BCUT2D eigenvalue weighted by Crippen LogP contribution is -2.32. The molecule has 2 atom stereocenters. The average Bonchev–Trinajstić information content (AvgIpc) is 2.86. The zero-order chi connectivity index (χ0) is 11.8. The van der Waals surface area contributed by atoms with Gasteiger partial charge in [0.05, 0.1) is 5.56 Å². The van der Waals surface area contributed by atoms with Gasteiger partial charge in [-0.3, -0.25) is 9.78 Å². The molecule has 0 spiro atoms. The van der Waals surface area contributed by atoms with Crippen LogP contribution in [0.4, 0.5) is 0 Å². The third-order valence-corrected chi connectivity index (χ3v) is 3.86. The van der Waals surface area contributed by atoms with Crippen LogP contribution >= 0.6 is 0 Å². The van der Waals surface area contributed by atoms with Crippen LogP contribution in [0, 0.1) is 11.8 Å². The van der Waals surface area contributed by atoms with E-state index in [2.05, 4.69) is 16.9 Å². The molecule has 1 aromatic rings. The van der Waals surface area contributed by atoms with Crippen molar-refractivity contribution in [1.82, 2.24) is 14.8 Å². The van der Waals surface area contributed by atoms with Crippen LogP contribution in [0.25, 0.3) is 0 Å². The minimum atomic E-state index is 0.134. The first-order valence-electron chi connectivity index (χ1n) is 6.12. The molecule has 3 rings (SSSR count). The summed E-state index contributed by atoms with van der Waals surface area (Å²) in [7, 11) is 2.16. The number of aromatic nitrogens is 1. The zero-order valence-corrected chi connectivity index (χ0v) is 10.0. The van der Waals surface area contributed by atoms with E-state index in [4.69, 9.17) is 0 Å². The summed E-state index contributed by atoms with van der Waals surface area (Å²) in [4.78, 5) is 20.6. The number of hydrogen-bond acceptors (Lipinski definition) is 3. The van der Waals surface area contributed by atoms with Crippen LogP contribution in [-0.4, -0.2) is 53.9 Å². The van der Waals surface area contributed by atoms with E-state index < -0.39 is 0 Å². The Morgan fingerprint density at radius 2 is 2.00 bits per heavy atom. The molecule has 0 aliphatic carbocycles. The smallest absolute Gasteiger partial charge is 0.255 e. The lowest BCUT2D eigenvalue weighted by atomic mass is 10.0. The molecule has 3 heterocycles. The minimum absolute atomic E-state index is 0.134. The second-order valence-corrected chi connectivity index (χ2v) is 5.19. The Morgan fingerprint density at radius 3 is 2.59 bits per heavy atom. The van der Waals surface area contributed by atoms with Gasteiger partial charge in [-0.1, -0.05) is 0 Å². The summed E-state index contributed by atoms with van der Waals surface area (Å²) in [5, 5.41) is 0. The Hall–Kier alpha value is -1.42. The average molecular weight is 231 g/mol. The summed E-state index contributed by atoms with van der Waals surface area (Å²) in [6.45, 7) is 4.06. The van der Waals surface area contributed by atoms with E-state index in [0.29, 0.717) is 17.4 Å². The van der Waals surface area contributed by atoms with Gasteiger partial charge >= 0.3 is 0 Å². The molecule has 2 aliphatic rings. The zero-order valence-electron chi connectivity index (χ0n) is 10.0. The second kappa shape index (κ2) is 4.11. The quantitative estimate of drug-likeness (QED) is 0.714. The summed E-state index contributed by atoms with van der Waals surface area (Å²) in [6.07, 6.45) is 3.35. The highest BCUT2D eigenvalue weighted by Crippen LogP contribution is 2.30. The number of fused-ring (bicyclic) bond motifs is 1. The largest absolute Gasteiger partial charge is 0.338 e. The van der Waals surface area contributed by atoms with Gasteiger partial charge in [0.15, 0.2) is 0 Å². The fourth-order valence-corrected chi connectivity index (χ4v) is 3.07. The van der Waals surface area contributed by atoms with E-state index in [-0.39, 0.29) is 5.91 Å². The maximum Gasteiger partial charge on any atom is 0.255 e. The van der Waals surface area contributed by atoms with Crippen molar-refractivity contribution in [2.75, 3.05) is 33.2 Å². The number of carbonyl (C=O) groups is 1. The first-order chi connectivity index (χ1) is 8.24. The minimum Gasteiger partial charge on any atom is -0.338 e. The number of amides is 1. The van der Waals surface area contributed by atoms with Crippen LogP contribution < -0.4 is 0 Å². The molecule has 4 nitrogen and oxygen atoms in total. The standard InChI is InChI=1S/C13H17N3O/c1-15-6-11-8-16(9-12(11)7-15)13(17)10-3-2-4-14-5-10/h2-5,11-12H,6-9H2,1H3. The van der Waals surface area contributed by atoms with E-state index >= 15 is 0 Å². The van der Waals surface area contributed by atoms with E-state index in [1.165, 1.54) is 0 Å². The van der Waals surface area contributed by atoms with Gasteiger partial charge in [-0.25, -0.2) is 0 Å². The van der Waals surface area contributed by atoms with E-state index in [1.54, 1.807) is 12.4 Å². The van der Waals surface area contributed by atoms with Gasteiger partial charge in [0, 0.05) is 38.6 Å². The number of carbonyl (C=O) groups excluding carboxylic acids is 1. The molecular formula is C13H17N3O. The van der Waals surface area contributed by atoms with Crippen LogP contribution in [0.2, 0.25) is 0 Å². The van der Waals surface area contributed by atoms with Crippen molar-refractivity contribution < 1.29 is 4.79 Å². The number of likely N-dealkylation sites (tertiary alicyclic amines) is 2. The van der Waals surface area contributed by atoms with Gasteiger partial charge in [-0.05, 0) is 31.0 Å². The van der Waals surface area contributed by atoms with Crippen molar-refractivity contribution in [2.45, 2.75) is 0 Å². The molecule has 0 radical (unpaired) electrons. The van der Waals surface area contributed by atoms with E-state index in [1.807, 2.05) is 17.0 Å². The lowest BCUT2D eigenvalue weighted by molar-refractivity contribution is 0.0775. The normalized spacial score (nSPS) is 28.4. The molecule has 2 fully saturated rings. The highest BCUT2D eigenvalue weighted by molar-refractivity contribution is 5.94. The van der Waals surface area contributed by atoms with E-state index in [9.17, 15) is 4.79 Å². The van der Waals surface area contributed by atoms with Crippen molar-refractivity contribution in [3.05, 3.63) is 30.1 Å². The van der Waals surface area contributed by atoms with Gasteiger partial charge in [-0.2, -0.15) is 0 Å². The molecule has 0 saturated carbocycles. The lowest BCUT2D eigenvalue weighted by Gasteiger charge is -2.19. The number of nitrogens with zero attached hydrogens (tertiary/aromatic N) is 3. The van der Waals surface area contributed by atoms with Crippen molar-refractivity contribution >= 4 is 5.91 Å². The summed E-state index contributed by atoms with van der Waals surface area (Å²) in [5.74, 6) is 1.47. The topological polar surface area (TPSA) is 36.4 Å². The molecule has 1 aromatic heterocycles. The van der Waals surface area contributed by atoms with Gasteiger partial charge in [-0.15, -0.1) is 0 Å². The SMILES string of the molecule is CN1CC2CN(C(=O)c3cccnc3)CC2C1. The highest BCUT2D eigenvalue weighted by atomic mass is 16.2. The Morgan fingerprint density at radius 1 is 1.29 bits per heavy atom. The Bertz CT molecular complexity index is 406. The fraction of sp³-hybridized carbons (Fsp3) is 0.538. The van der Waals surface area contributed by atoms with Crippen LogP contribution in [0.3, 0.4) is 0 Å². The summed E-state index contributed by atoms with van der Waals surface area (Å²) >= 11 is 0. The number of pyridine rings is 1. The summed E-state index contributed by atoms with van der Waals surface area (Å²) in [5.41, 5.74) is 0.709. The molecule has 17 heavy (non-hydrogen) atoms. The molecule has 0 bridgehead atoms. The summed E-state index contributed by atoms with van der Waals surface area (Å²) < 4.78 is 0. The molecule has 0 aromatic carbocycles. The van der Waals surface area contributed by atoms with Crippen molar-refractivity contribution in [1.29, 1.82) is 0 Å². The monoisotopic (exact) mass is 231 g/mol. The highest BCUT2D eigenvalue weighted by Gasteiger charge is 2.40. The number of rotatable bonds is 1. The fourth-order valence-electron chi connectivity index (χ4n) is 3.07. The second-order valence-electron chi connectivity index (χ2n) is 5.19. The van der Waals surface area contributed by atoms with Gasteiger partial charge in [0.1, 0.15) is 0 Å². The molecule has 4 heteroatoms. The molecule has 2 aliphatic heterocycles. The molecule has 2 unspecified atom stereocenters. The maximum atomic E-state index is 12.2. The van der Waals surface area contributed by atoms with Crippen LogP contribution in [0.1, 0.15) is 10.4 Å². The van der Waals surface area contributed by atoms with Crippen molar-refractivity contribution in [2.24, 2.45) is 11.8 Å². The van der Waals surface area contributed by atoms with Gasteiger partial charge in [0.2, 0.25) is 0 Å². The van der Waals surface area contributed by atoms with E-state index in [0.717, 1.165) is 26.2 Å². The third-order valence-electron chi connectivity index (χ3n) is 3.86. The molecule has 2 saturated heterocycles. The third kappa shape index (κ3) is 1.93. The Balaban J connectivity index is 1.70. The molecular weight excluding hydrogens is 214 g/mol. The van der Waals surface area contributed by atoms with Crippen molar-refractivity contribution in [3.8, 4) is 0 Å². The number of hydrogen-bond donors (Lipinski definition) is 0. The Labute approximate surface area is 101 Å². The van der Waals surface area contributed by atoms with Crippen molar-refractivity contribution in [3.63, 3.8) is 0 Å². The predicted molar refractivity (Wildman–Crippen MR) is 64.6 cm³/mol. The predicted octanol–water partition coefficient (Wildman–Crippen LogP) is 0.715. The van der Waals surface area contributed by atoms with Crippen LogP contribution in [0.15, 0.2) is 24.5 Å². The van der Waals surface area contributed by atoms with Gasteiger partial charge in [0.25, 0.3) is 5.91 Å². The summed E-state index contributed by atoms with van der Waals surface area (Å²) in [6, 6.07) is 3.66. The van der Waals surface area contributed by atoms with Crippen LogP contribution in [0.5, 0.6) is 0 Å². The first kappa shape index (κ1) is 10.7.